The Labute approximate surface area is 187 Å². The van der Waals surface area contributed by atoms with Crippen LogP contribution in [0.15, 0.2) is 30.5 Å². The lowest BCUT2D eigenvalue weighted by Crippen LogP contribution is -2.41. The summed E-state index contributed by atoms with van der Waals surface area (Å²) in [4.78, 5) is 30.8. The van der Waals surface area contributed by atoms with Crippen LogP contribution >= 0.6 is 0 Å². The third kappa shape index (κ3) is 4.43. The first kappa shape index (κ1) is 22.1. The van der Waals surface area contributed by atoms with Crippen LogP contribution in [0.3, 0.4) is 0 Å². The lowest BCUT2D eigenvalue weighted by molar-refractivity contribution is 0.0532. The molecule has 2 aliphatic rings. The number of aliphatic hydroxyl groups is 1. The lowest BCUT2D eigenvalue weighted by Gasteiger charge is -2.39. The van der Waals surface area contributed by atoms with E-state index >= 15 is 0 Å². The molecular weight excluding hydrogens is 406 g/mol. The molecule has 2 aliphatic heterocycles. The molecule has 0 spiro atoms. The Hall–Kier alpha value is -3.08. The number of aliphatic hydroxyl groups excluding tert-OH is 1. The van der Waals surface area contributed by atoms with E-state index in [0.717, 1.165) is 42.6 Å². The molecule has 0 bridgehead atoms. The van der Waals surface area contributed by atoms with Crippen LogP contribution < -0.4 is 0 Å². The Bertz CT molecular complexity index is 1080. The molecule has 0 radical (unpaired) electrons. The highest BCUT2D eigenvalue weighted by Crippen LogP contribution is 2.36. The Morgan fingerprint density at radius 1 is 1.31 bits per heavy atom. The van der Waals surface area contributed by atoms with Crippen LogP contribution in [0.5, 0.6) is 0 Å². The average molecular weight is 434 g/mol. The third-order valence-electron chi connectivity index (χ3n) is 6.83. The highest BCUT2D eigenvalue weighted by atomic mass is 16.5. The van der Waals surface area contributed by atoms with Gasteiger partial charge in [-0.25, -0.2) is 4.79 Å². The Kier molecular flexibility index (Phi) is 6.09. The van der Waals surface area contributed by atoms with Gasteiger partial charge in [0.1, 0.15) is 18.4 Å². The van der Waals surface area contributed by atoms with Crippen LogP contribution in [0.1, 0.15) is 75.4 Å². The summed E-state index contributed by atoms with van der Waals surface area (Å²) in [5.41, 5.74) is 3.94. The van der Waals surface area contributed by atoms with Crippen molar-refractivity contribution in [3.05, 3.63) is 64.0 Å². The number of esters is 1. The van der Waals surface area contributed by atoms with Gasteiger partial charge in [-0.2, -0.15) is 5.26 Å². The summed E-state index contributed by atoms with van der Waals surface area (Å²) in [6, 6.07) is 8.81. The maximum absolute atomic E-state index is 12.7. The van der Waals surface area contributed by atoms with E-state index in [2.05, 4.69) is 16.8 Å². The number of fused-ring (bicyclic) bond motifs is 1. The van der Waals surface area contributed by atoms with Gasteiger partial charge >= 0.3 is 5.97 Å². The minimum Gasteiger partial charge on any atom is -0.457 e. The normalized spacial score (nSPS) is 18.5. The quantitative estimate of drug-likeness (QED) is 0.550. The van der Waals surface area contributed by atoms with E-state index < -0.39 is 6.10 Å². The summed E-state index contributed by atoms with van der Waals surface area (Å²) in [5.74, 6) is -0.304. The Morgan fingerprint density at radius 3 is 2.72 bits per heavy atom. The molecule has 1 N–H and O–H groups in total. The number of ether oxygens (including phenoxy) is 1. The maximum Gasteiger partial charge on any atom is 0.338 e. The molecule has 1 fully saturated rings. The first-order valence-electron chi connectivity index (χ1n) is 10.9. The first-order valence-corrected chi connectivity index (χ1v) is 10.9. The number of ketones is 1. The van der Waals surface area contributed by atoms with Gasteiger partial charge in [0, 0.05) is 24.7 Å². The van der Waals surface area contributed by atoms with Crippen molar-refractivity contribution in [1.29, 1.82) is 5.26 Å². The van der Waals surface area contributed by atoms with Gasteiger partial charge in [-0.05, 0) is 67.6 Å². The number of Topliss-reactive ketones (excluding diaryl/α,β-unsaturated/α-hetero) is 1. The van der Waals surface area contributed by atoms with Crippen molar-refractivity contribution in [2.75, 3.05) is 19.6 Å². The molecule has 1 saturated heterocycles. The summed E-state index contributed by atoms with van der Waals surface area (Å²) in [6.07, 6.45) is 2.91. The molecule has 0 amide bonds. The summed E-state index contributed by atoms with van der Waals surface area (Å²) in [6.45, 7) is 6.43. The van der Waals surface area contributed by atoms with Crippen LogP contribution in [0.2, 0.25) is 0 Å². The molecule has 2 aromatic rings. The number of hydrogen-bond acceptors (Lipinski definition) is 7. The minimum atomic E-state index is -0.648. The SMILES string of the molecule is Cc1c([C@@H](O)CN2CCC(C)(CC(=O)c3ccc(C#N)cn3)CC2)ccc2c1COC2=O. The van der Waals surface area contributed by atoms with Gasteiger partial charge < -0.3 is 14.7 Å². The number of piperidine rings is 1. The molecule has 4 rings (SSSR count). The molecule has 0 saturated carbocycles. The van der Waals surface area contributed by atoms with Gasteiger partial charge in [0.25, 0.3) is 0 Å². The van der Waals surface area contributed by atoms with E-state index in [9.17, 15) is 14.7 Å². The predicted octanol–water partition coefficient (Wildman–Crippen LogP) is 3.34. The van der Waals surface area contributed by atoms with E-state index in [4.69, 9.17) is 10.00 Å². The van der Waals surface area contributed by atoms with E-state index in [-0.39, 0.29) is 23.8 Å². The molecule has 1 aromatic carbocycles. The topological polar surface area (TPSA) is 104 Å². The minimum absolute atomic E-state index is 0.00370. The number of cyclic esters (lactones) is 1. The summed E-state index contributed by atoms with van der Waals surface area (Å²) in [5, 5.41) is 19.7. The van der Waals surface area contributed by atoms with Gasteiger partial charge in [0.2, 0.25) is 0 Å². The number of aromatic nitrogens is 1. The number of nitrogens with zero attached hydrogens (tertiary/aromatic N) is 3. The summed E-state index contributed by atoms with van der Waals surface area (Å²) >= 11 is 0. The fourth-order valence-corrected chi connectivity index (χ4v) is 4.63. The molecule has 7 nitrogen and oxygen atoms in total. The summed E-state index contributed by atoms with van der Waals surface area (Å²) in [7, 11) is 0. The van der Waals surface area contributed by atoms with Crippen LogP contribution in [0.4, 0.5) is 0 Å². The third-order valence-corrected chi connectivity index (χ3v) is 6.83. The highest BCUT2D eigenvalue weighted by Gasteiger charge is 2.34. The molecule has 1 atom stereocenters. The average Bonchev–Trinajstić information content (AvgIpc) is 3.17. The lowest BCUT2D eigenvalue weighted by atomic mass is 9.76. The molecule has 0 aliphatic carbocycles. The van der Waals surface area contributed by atoms with Crippen molar-refractivity contribution in [1.82, 2.24) is 9.88 Å². The fraction of sp³-hybridized carbons (Fsp3) is 0.440. The second kappa shape index (κ2) is 8.81. The van der Waals surface area contributed by atoms with Crippen molar-refractivity contribution in [2.45, 2.75) is 45.8 Å². The highest BCUT2D eigenvalue weighted by molar-refractivity contribution is 5.95. The van der Waals surface area contributed by atoms with Crippen molar-refractivity contribution in [3.63, 3.8) is 0 Å². The molecule has 32 heavy (non-hydrogen) atoms. The van der Waals surface area contributed by atoms with Gasteiger partial charge in [-0.15, -0.1) is 0 Å². The predicted molar refractivity (Wildman–Crippen MR) is 117 cm³/mol. The molecule has 7 heteroatoms. The first-order chi connectivity index (χ1) is 15.3. The van der Waals surface area contributed by atoms with Gasteiger partial charge in [-0.3, -0.25) is 9.78 Å². The number of likely N-dealkylation sites (tertiary alicyclic amines) is 1. The second-order valence-electron chi connectivity index (χ2n) is 9.15. The smallest absolute Gasteiger partial charge is 0.338 e. The number of rotatable bonds is 6. The van der Waals surface area contributed by atoms with Crippen molar-refractivity contribution >= 4 is 11.8 Å². The zero-order valence-corrected chi connectivity index (χ0v) is 18.4. The molecule has 166 valence electrons. The number of benzene rings is 1. The number of nitriles is 1. The fourth-order valence-electron chi connectivity index (χ4n) is 4.63. The van der Waals surface area contributed by atoms with Crippen LogP contribution in [-0.2, 0) is 11.3 Å². The molecule has 3 heterocycles. The Morgan fingerprint density at radius 2 is 2.06 bits per heavy atom. The molecule has 0 unspecified atom stereocenters. The van der Waals surface area contributed by atoms with Crippen LogP contribution in [-0.4, -0.2) is 46.4 Å². The van der Waals surface area contributed by atoms with E-state index in [0.29, 0.717) is 29.8 Å². The monoisotopic (exact) mass is 433 g/mol. The van der Waals surface area contributed by atoms with E-state index in [1.165, 1.54) is 6.20 Å². The number of carbonyl (C=O) groups excluding carboxylic acids is 2. The standard InChI is InChI=1S/C25H27N3O4/c1-16-18(4-5-19-20(16)15-32-24(19)31)23(30)14-28-9-7-25(2,8-10-28)11-22(29)21-6-3-17(12-26)13-27-21/h3-6,13,23,30H,7-11,14-15H2,1-2H3/t23-/m0/s1. The maximum atomic E-state index is 12.7. The van der Waals surface area contributed by atoms with Gasteiger partial charge in [-0.1, -0.05) is 13.0 Å². The zero-order chi connectivity index (χ0) is 22.9. The van der Waals surface area contributed by atoms with Gasteiger partial charge in [0.05, 0.1) is 17.2 Å². The largest absolute Gasteiger partial charge is 0.457 e. The van der Waals surface area contributed by atoms with Crippen LogP contribution in [0, 0.1) is 23.7 Å². The number of hydrogen-bond donors (Lipinski definition) is 1. The van der Waals surface area contributed by atoms with E-state index in [1.807, 2.05) is 19.1 Å². The molecule has 1 aromatic heterocycles. The summed E-state index contributed by atoms with van der Waals surface area (Å²) < 4.78 is 5.11. The zero-order valence-electron chi connectivity index (χ0n) is 18.4. The number of pyridine rings is 1. The van der Waals surface area contributed by atoms with E-state index in [1.54, 1.807) is 18.2 Å². The van der Waals surface area contributed by atoms with Crippen LogP contribution in [0.25, 0.3) is 0 Å². The van der Waals surface area contributed by atoms with Gasteiger partial charge in [0.15, 0.2) is 5.78 Å². The van der Waals surface area contributed by atoms with Crippen molar-refractivity contribution < 1.29 is 19.4 Å². The number of β-amino-alcohol motifs (C(OH)–C–C–N with tert-alkyl or cyclic N) is 1. The second-order valence-corrected chi connectivity index (χ2v) is 9.15. The number of carbonyl (C=O) groups is 2. The Balaban J connectivity index is 1.34. The van der Waals surface area contributed by atoms with Crippen molar-refractivity contribution in [2.24, 2.45) is 5.41 Å². The molecular formula is C25H27N3O4. The van der Waals surface area contributed by atoms with Crippen molar-refractivity contribution in [3.8, 4) is 6.07 Å².